The van der Waals surface area contributed by atoms with Crippen molar-refractivity contribution in [3.8, 4) is 17.2 Å². The summed E-state index contributed by atoms with van der Waals surface area (Å²) in [7, 11) is 1.56. The van der Waals surface area contributed by atoms with Crippen molar-refractivity contribution >= 4 is 17.4 Å². The summed E-state index contributed by atoms with van der Waals surface area (Å²) in [6.07, 6.45) is 2.21. The molecule has 0 aliphatic carbocycles. The highest BCUT2D eigenvalue weighted by Gasteiger charge is 2.46. The second kappa shape index (κ2) is 12.1. The number of Topliss-reactive ketones (excluding diaryl/α,β-unsaturated/α-hetero) is 1. The van der Waals surface area contributed by atoms with Gasteiger partial charge in [0.1, 0.15) is 17.6 Å². The van der Waals surface area contributed by atoms with E-state index in [1.54, 1.807) is 36.3 Å². The molecule has 2 heterocycles. The van der Waals surface area contributed by atoms with Gasteiger partial charge in [0.15, 0.2) is 11.5 Å². The third-order valence-corrected chi connectivity index (χ3v) is 7.65. The highest BCUT2D eigenvalue weighted by molar-refractivity contribution is 6.46. The van der Waals surface area contributed by atoms with Gasteiger partial charge in [-0.05, 0) is 72.7 Å². The van der Waals surface area contributed by atoms with E-state index in [0.717, 1.165) is 23.3 Å². The van der Waals surface area contributed by atoms with Crippen molar-refractivity contribution in [3.05, 3.63) is 94.6 Å². The fourth-order valence-electron chi connectivity index (χ4n) is 5.45. The van der Waals surface area contributed by atoms with Crippen LogP contribution in [0.5, 0.6) is 17.2 Å². The third kappa shape index (κ3) is 5.94. The molecule has 41 heavy (non-hydrogen) atoms. The number of ether oxygens (including phenoxy) is 3. The lowest BCUT2D eigenvalue weighted by Gasteiger charge is -2.26. The number of aliphatic hydroxyl groups excluding tert-OH is 1. The molecular formula is C34H37NO6. The molecule has 0 radical (unpaired) electrons. The minimum atomic E-state index is -0.791. The van der Waals surface area contributed by atoms with Crippen LogP contribution in [0.3, 0.4) is 0 Å². The number of ketones is 1. The highest BCUT2D eigenvalue weighted by atomic mass is 16.5. The smallest absolute Gasteiger partial charge is 0.295 e. The molecule has 0 spiro atoms. The summed E-state index contributed by atoms with van der Waals surface area (Å²) >= 11 is 0. The zero-order valence-electron chi connectivity index (χ0n) is 24.1. The number of nitrogens with zero attached hydrogens (tertiary/aromatic N) is 1. The van der Waals surface area contributed by atoms with E-state index < -0.39 is 17.7 Å². The lowest BCUT2D eigenvalue weighted by atomic mass is 9.94. The topological polar surface area (TPSA) is 85.3 Å². The van der Waals surface area contributed by atoms with Gasteiger partial charge in [0.25, 0.3) is 11.7 Å². The molecule has 3 aromatic rings. The number of carbonyl (C=O) groups excluding carboxylic acids is 2. The Morgan fingerprint density at radius 1 is 1.05 bits per heavy atom. The van der Waals surface area contributed by atoms with Crippen LogP contribution in [0.2, 0.25) is 0 Å². The van der Waals surface area contributed by atoms with Crippen molar-refractivity contribution in [3.63, 3.8) is 0 Å². The second-order valence-electron chi connectivity index (χ2n) is 11.1. The van der Waals surface area contributed by atoms with Crippen LogP contribution in [0.1, 0.15) is 55.5 Å². The Labute approximate surface area is 241 Å². The summed E-state index contributed by atoms with van der Waals surface area (Å²) < 4.78 is 17.4. The molecule has 3 aromatic carbocycles. The maximum atomic E-state index is 13.5. The molecule has 2 aliphatic rings. The zero-order valence-corrected chi connectivity index (χ0v) is 24.1. The normalized spacial score (nSPS) is 19.4. The first kappa shape index (κ1) is 28.3. The molecule has 0 bridgehead atoms. The molecule has 1 saturated heterocycles. The van der Waals surface area contributed by atoms with Gasteiger partial charge in [-0.1, -0.05) is 50.2 Å². The largest absolute Gasteiger partial charge is 0.507 e. The predicted octanol–water partition coefficient (Wildman–Crippen LogP) is 6.11. The van der Waals surface area contributed by atoms with Crippen molar-refractivity contribution < 1.29 is 28.9 Å². The number of aliphatic hydroxyl groups is 1. The van der Waals surface area contributed by atoms with Crippen LogP contribution >= 0.6 is 0 Å². The van der Waals surface area contributed by atoms with Gasteiger partial charge in [-0.2, -0.15) is 0 Å². The molecule has 7 nitrogen and oxygen atoms in total. The van der Waals surface area contributed by atoms with Gasteiger partial charge in [-0.25, -0.2) is 0 Å². The van der Waals surface area contributed by atoms with Crippen molar-refractivity contribution in [2.45, 2.75) is 52.2 Å². The first-order chi connectivity index (χ1) is 19.8. The standard InChI is InChI=1S/C34H37NO6/c1-21(2)15-17-40-28-13-10-24(20-29(28)39-4)31-30(32(36)25-11-12-27-26(19-25)18-22(3)41-27)33(37)34(38)35(31)16-14-23-8-6-5-7-9-23/h5-13,19-22,31,36H,14-18H2,1-4H3/b32-30+/t22-,31-/m0/s1. The molecule has 7 heteroatoms. The summed E-state index contributed by atoms with van der Waals surface area (Å²) in [5, 5.41) is 11.6. The summed E-state index contributed by atoms with van der Waals surface area (Å²) in [4.78, 5) is 28.6. The molecule has 5 rings (SSSR count). The first-order valence-electron chi connectivity index (χ1n) is 14.2. The van der Waals surface area contributed by atoms with Crippen LogP contribution in [0, 0.1) is 5.92 Å². The number of likely N-dealkylation sites (tertiary alicyclic amines) is 1. The average Bonchev–Trinajstić information content (AvgIpc) is 3.46. The Hall–Kier alpha value is -4.26. The summed E-state index contributed by atoms with van der Waals surface area (Å²) in [6.45, 7) is 7.11. The van der Waals surface area contributed by atoms with Crippen LogP contribution < -0.4 is 14.2 Å². The number of benzene rings is 3. The number of fused-ring (bicyclic) bond motifs is 1. The molecule has 214 valence electrons. The van der Waals surface area contributed by atoms with Gasteiger partial charge < -0.3 is 24.2 Å². The van der Waals surface area contributed by atoms with Crippen molar-refractivity contribution in [1.29, 1.82) is 0 Å². The average molecular weight is 556 g/mol. The van der Waals surface area contributed by atoms with Crippen LogP contribution in [-0.2, 0) is 22.4 Å². The van der Waals surface area contributed by atoms with E-state index in [1.165, 1.54) is 0 Å². The fraction of sp³-hybridized carbons (Fsp3) is 0.353. The molecule has 0 saturated carbocycles. The van der Waals surface area contributed by atoms with E-state index in [2.05, 4.69) is 13.8 Å². The summed E-state index contributed by atoms with van der Waals surface area (Å²) in [5.41, 5.74) is 3.21. The molecule has 1 amide bonds. The van der Waals surface area contributed by atoms with Gasteiger partial charge in [-0.15, -0.1) is 0 Å². The highest BCUT2D eigenvalue weighted by Crippen LogP contribution is 2.43. The monoisotopic (exact) mass is 555 g/mol. The molecule has 1 fully saturated rings. The molecule has 1 N–H and O–H groups in total. The van der Waals surface area contributed by atoms with E-state index in [9.17, 15) is 14.7 Å². The number of hydrogen-bond donors (Lipinski definition) is 1. The van der Waals surface area contributed by atoms with Gasteiger partial charge in [0, 0.05) is 18.5 Å². The van der Waals surface area contributed by atoms with Crippen LogP contribution in [0.4, 0.5) is 0 Å². The maximum absolute atomic E-state index is 13.5. The number of methoxy groups -OCH3 is 1. The van der Waals surface area contributed by atoms with E-state index in [1.807, 2.05) is 49.4 Å². The van der Waals surface area contributed by atoms with Gasteiger partial charge in [0.05, 0.1) is 25.3 Å². The van der Waals surface area contributed by atoms with E-state index in [4.69, 9.17) is 14.2 Å². The number of carbonyl (C=O) groups is 2. The third-order valence-electron chi connectivity index (χ3n) is 7.65. The Morgan fingerprint density at radius 2 is 1.83 bits per heavy atom. The van der Waals surface area contributed by atoms with E-state index in [0.29, 0.717) is 54.5 Å². The minimum absolute atomic E-state index is 0.0414. The fourth-order valence-corrected chi connectivity index (χ4v) is 5.45. The Balaban J connectivity index is 1.55. The molecule has 0 aromatic heterocycles. The van der Waals surface area contributed by atoms with Crippen LogP contribution in [0.25, 0.3) is 5.76 Å². The van der Waals surface area contributed by atoms with Crippen LogP contribution in [0.15, 0.2) is 72.3 Å². The molecule has 0 unspecified atom stereocenters. The Bertz CT molecular complexity index is 1460. The van der Waals surface area contributed by atoms with Gasteiger partial charge in [0.2, 0.25) is 0 Å². The Kier molecular flexibility index (Phi) is 8.34. The second-order valence-corrected chi connectivity index (χ2v) is 11.1. The Morgan fingerprint density at radius 3 is 2.56 bits per heavy atom. The lowest BCUT2D eigenvalue weighted by molar-refractivity contribution is -0.139. The van der Waals surface area contributed by atoms with E-state index >= 15 is 0 Å². The van der Waals surface area contributed by atoms with E-state index in [-0.39, 0.29) is 17.4 Å². The van der Waals surface area contributed by atoms with Crippen molar-refractivity contribution in [1.82, 2.24) is 4.90 Å². The number of hydrogen-bond acceptors (Lipinski definition) is 6. The SMILES string of the molecule is COc1cc([C@H]2/C(=C(\O)c3ccc4c(c3)C[C@H](C)O4)C(=O)C(=O)N2CCc2ccccc2)ccc1OCCC(C)C. The van der Waals surface area contributed by atoms with Crippen molar-refractivity contribution in [2.24, 2.45) is 5.92 Å². The summed E-state index contributed by atoms with van der Waals surface area (Å²) in [5.74, 6) is 0.817. The number of rotatable bonds is 10. The zero-order chi connectivity index (χ0) is 29.1. The predicted molar refractivity (Wildman–Crippen MR) is 157 cm³/mol. The summed E-state index contributed by atoms with van der Waals surface area (Å²) in [6, 6.07) is 19.8. The quantitative estimate of drug-likeness (QED) is 0.185. The number of amides is 1. The molecule has 2 aliphatic heterocycles. The minimum Gasteiger partial charge on any atom is -0.507 e. The van der Waals surface area contributed by atoms with Gasteiger partial charge in [-0.3, -0.25) is 9.59 Å². The van der Waals surface area contributed by atoms with Crippen molar-refractivity contribution in [2.75, 3.05) is 20.3 Å². The van der Waals surface area contributed by atoms with Crippen LogP contribution in [-0.4, -0.2) is 48.1 Å². The molecule has 2 atom stereocenters. The lowest BCUT2D eigenvalue weighted by Crippen LogP contribution is -2.31. The van der Waals surface area contributed by atoms with Gasteiger partial charge >= 0.3 is 0 Å². The molecular weight excluding hydrogens is 518 g/mol. The first-order valence-corrected chi connectivity index (χ1v) is 14.2. The maximum Gasteiger partial charge on any atom is 0.295 e.